The molecule has 9 heteroatoms. The molecule has 0 aliphatic carbocycles. The molecule has 5 rings (SSSR count). The predicted molar refractivity (Wildman–Crippen MR) is 174 cm³/mol. The maximum Gasteiger partial charge on any atom is 0.355 e. The summed E-state index contributed by atoms with van der Waals surface area (Å²) in [6, 6.07) is 18.1. The molecule has 2 heterocycles. The van der Waals surface area contributed by atoms with Crippen molar-refractivity contribution >= 4 is 45.1 Å². The standard InChI is InChI=1S/C34H39ClN4O4/c1-4-42-34(41)32-25(15-11-21-43-28-16-10-13-23-12-6-7-14-24(23)28)26-17-18-27(35)30(31(26)36-32)29-22(2)37-38-33(29)39(3)19-8-5-9-20-40/h6-7,10,12-14,16-18,36,40H,4-5,8-9,11,15,19-21H2,1-3H3,(H,37,38). The van der Waals surface area contributed by atoms with Crippen LogP contribution in [0.15, 0.2) is 54.6 Å². The van der Waals surface area contributed by atoms with Crippen LogP contribution in [0.3, 0.4) is 0 Å². The molecule has 0 spiro atoms. The van der Waals surface area contributed by atoms with Crippen LogP contribution in [0, 0.1) is 6.92 Å². The molecule has 0 amide bonds. The maximum absolute atomic E-state index is 13.2. The first-order chi connectivity index (χ1) is 20.9. The van der Waals surface area contributed by atoms with E-state index in [0.717, 1.165) is 81.4 Å². The van der Waals surface area contributed by atoms with Gasteiger partial charge in [-0.05, 0) is 69.0 Å². The molecule has 3 N–H and O–H groups in total. The van der Waals surface area contributed by atoms with Gasteiger partial charge in [-0.1, -0.05) is 54.1 Å². The molecule has 0 aliphatic heterocycles. The van der Waals surface area contributed by atoms with Gasteiger partial charge in [-0.15, -0.1) is 0 Å². The molecule has 0 saturated heterocycles. The molecule has 2 aromatic heterocycles. The molecule has 8 nitrogen and oxygen atoms in total. The van der Waals surface area contributed by atoms with Crippen LogP contribution >= 0.6 is 11.6 Å². The third-order valence-electron chi connectivity index (χ3n) is 7.78. The number of aliphatic hydroxyl groups excluding tert-OH is 1. The van der Waals surface area contributed by atoms with Gasteiger partial charge in [0.15, 0.2) is 5.82 Å². The van der Waals surface area contributed by atoms with Crippen molar-refractivity contribution in [2.45, 2.75) is 46.0 Å². The second-order valence-electron chi connectivity index (χ2n) is 10.7. The minimum absolute atomic E-state index is 0.196. The number of halogens is 1. The molecular weight excluding hydrogens is 564 g/mol. The molecule has 5 aromatic rings. The van der Waals surface area contributed by atoms with Gasteiger partial charge in [0, 0.05) is 42.2 Å². The van der Waals surface area contributed by atoms with Crippen molar-refractivity contribution in [1.82, 2.24) is 15.2 Å². The van der Waals surface area contributed by atoms with E-state index >= 15 is 0 Å². The Hall–Kier alpha value is -4.01. The molecule has 0 unspecified atom stereocenters. The Balaban J connectivity index is 1.46. The molecule has 0 atom stereocenters. The van der Waals surface area contributed by atoms with E-state index in [1.165, 1.54) is 0 Å². The number of ether oxygens (including phenoxy) is 2. The van der Waals surface area contributed by atoms with Crippen LogP contribution in [-0.2, 0) is 11.2 Å². The third kappa shape index (κ3) is 6.50. The first kappa shape index (κ1) is 30.4. The number of carbonyl (C=O) groups excluding carboxylic acids is 1. The summed E-state index contributed by atoms with van der Waals surface area (Å²) in [5.74, 6) is 1.24. The maximum atomic E-state index is 13.2. The molecule has 226 valence electrons. The van der Waals surface area contributed by atoms with Crippen LogP contribution in [0.5, 0.6) is 5.75 Å². The van der Waals surface area contributed by atoms with Gasteiger partial charge in [-0.25, -0.2) is 4.79 Å². The van der Waals surface area contributed by atoms with E-state index in [1.54, 1.807) is 6.92 Å². The minimum Gasteiger partial charge on any atom is -0.493 e. The zero-order valence-corrected chi connectivity index (χ0v) is 25.8. The van der Waals surface area contributed by atoms with Gasteiger partial charge in [0.2, 0.25) is 0 Å². The number of unbranched alkanes of at least 4 members (excludes halogenated alkanes) is 2. The Kier molecular flexibility index (Phi) is 9.89. The van der Waals surface area contributed by atoms with Gasteiger partial charge in [0.1, 0.15) is 11.4 Å². The second-order valence-corrected chi connectivity index (χ2v) is 11.1. The summed E-state index contributed by atoms with van der Waals surface area (Å²) in [5, 5.41) is 20.6. The number of H-pyrrole nitrogens is 2. The lowest BCUT2D eigenvalue weighted by atomic mass is 9.99. The smallest absolute Gasteiger partial charge is 0.355 e. The monoisotopic (exact) mass is 602 g/mol. The zero-order valence-electron chi connectivity index (χ0n) is 25.0. The number of rotatable bonds is 14. The number of nitrogens with one attached hydrogen (secondary N) is 2. The normalized spacial score (nSPS) is 11.4. The van der Waals surface area contributed by atoms with Gasteiger partial charge in [-0.3, -0.25) is 5.10 Å². The average molecular weight is 603 g/mol. The first-order valence-electron chi connectivity index (χ1n) is 14.9. The Morgan fingerprint density at radius 3 is 2.63 bits per heavy atom. The number of aliphatic hydroxyl groups is 1. The summed E-state index contributed by atoms with van der Waals surface area (Å²) in [4.78, 5) is 18.7. The fourth-order valence-electron chi connectivity index (χ4n) is 5.66. The van der Waals surface area contributed by atoms with Crippen molar-refractivity contribution < 1.29 is 19.4 Å². The Bertz CT molecular complexity index is 1700. The van der Waals surface area contributed by atoms with Crippen molar-refractivity contribution in [3.05, 3.63) is 76.6 Å². The summed E-state index contributed by atoms with van der Waals surface area (Å²) in [7, 11) is 2.01. The van der Waals surface area contributed by atoms with Crippen molar-refractivity contribution in [3.63, 3.8) is 0 Å². The second kappa shape index (κ2) is 14.0. The molecule has 0 radical (unpaired) electrons. The van der Waals surface area contributed by atoms with Crippen LogP contribution in [0.4, 0.5) is 5.82 Å². The number of nitrogens with zero attached hydrogens (tertiary/aromatic N) is 2. The number of aromatic nitrogens is 3. The van der Waals surface area contributed by atoms with E-state index in [2.05, 4.69) is 38.3 Å². The molecular formula is C34H39ClN4O4. The zero-order chi connectivity index (χ0) is 30.3. The number of esters is 1. The summed E-state index contributed by atoms with van der Waals surface area (Å²) < 4.78 is 11.7. The number of hydrogen-bond acceptors (Lipinski definition) is 6. The quantitative estimate of drug-likeness (QED) is 0.0900. The van der Waals surface area contributed by atoms with Crippen LogP contribution in [0.25, 0.3) is 32.8 Å². The van der Waals surface area contributed by atoms with Crippen LogP contribution in [-0.4, -0.2) is 59.7 Å². The van der Waals surface area contributed by atoms with E-state index in [1.807, 2.05) is 50.4 Å². The number of anilines is 1. The Labute approximate surface area is 257 Å². The van der Waals surface area contributed by atoms with Crippen molar-refractivity contribution in [2.75, 3.05) is 38.3 Å². The van der Waals surface area contributed by atoms with Gasteiger partial charge < -0.3 is 24.5 Å². The van der Waals surface area contributed by atoms with Gasteiger partial charge >= 0.3 is 5.97 Å². The highest BCUT2D eigenvalue weighted by molar-refractivity contribution is 6.35. The summed E-state index contributed by atoms with van der Waals surface area (Å²) in [5.41, 5.74) is 4.66. The first-order valence-corrected chi connectivity index (χ1v) is 15.3. The fraction of sp³-hybridized carbons (Fsp3) is 0.353. The highest BCUT2D eigenvalue weighted by atomic mass is 35.5. The highest BCUT2D eigenvalue weighted by Gasteiger charge is 2.26. The van der Waals surface area contributed by atoms with Crippen LogP contribution in [0.2, 0.25) is 5.02 Å². The molecule has 0 saturated carbocycles. The third-order valence-corrected chi connectivity index (χ3v) is 8.10. The van der Waals surface area contributed by atoms with Crippen LogP contribution in [0.1, 0.15) is 54.4 Å². The summed E-state index contributed by atoms with van der Waals surface area (Å²) in [6.07, 6.45) is 3.96. The lowest BCUT2D eigenvalue weighted by Gasteiger charge is -2.19. The number of carbonyl (C=O) groups is 1. The number of hydrogen-bond donors (Lipinski definition) is 3. The van der Waals surface area contributed by atoms with Gasteiger partial charge in [0.05, 0.1) is 29.3 Å². The lowest BCUT2D eigenvalue weighted by Crippen LogP contribution is -2.19. The van der Waals surface area contributed by atoms with E-state index in [9.17, 15) is 4.79 Å². The number of benzene rings is 3. The van der Waals surface area contributed by atoms with Crippen molar-refractivity contribution in [1.29, 1.82) is 0 Å². The highest BCUT2D eigenvalue weighted by Crippen LogP contribution is 2.42. The molecule has 0 aliphatic rings. The molecule has 0 bridgehead atoms. The summed E-state index contributed by atoms with van der Waals surface area (Å²) >= 11 is 6.89. The SMILES string of the molecule is CCOC(=O)c1[nH]c2c(-c3c(N(C)CCCCCO)n[nH]c3C)c(Cl)ccc2c1CCCOc1cccc2ccccc12. The Morgan fingerprint density at radius 1 is 1.00 bits per heavy atom. The van der Waals surface area contributed by atoms with Crippen LogP contribution < -0.4 is 9.64 Å². The lowest BCUT2D eigenvalue weighted by molar-refractivity contribution is 0.0519. The predicted octanol–water partition coefficient (Wildman–Crippen LogP) is 7.46. The van der Waals surface area contributed by atoms with Gasteiger partial charge in [0.25, 0.3) is 0 Å². The van der Waals surface area contributed by atoms with E-state index < -0.39 is 5.97 Å². The number of aryl methyl sites for hydroxylation is 2. The minimum atomic E-state index is -0.393. The van der Waals surface area contributed by atoms with Gasteiger partial charge in [-0.2, -0.15) is 5.10 Å². The van der Waals surface area contributed by atoms with Crippen molar-refractivity contribution in [2.24, 2.45) is 0 Å². The summed E-state index contributed by atoms with van der Waals surface area (Å²) in [6.45, 7) is 5.53. The topological polar surface area (TPSA) is 103 Å². The average Bonchev–Trinajstić information content (AvgIpc) is 3.58. The van der Waals surface area contributed by atoms with E-state index in [-0.39, 0.29) is 13.2 Å². The Morgan fingerprint density at radius 2 is 1.81 bits per heavy atom. The number of aromatic amines is 2. The van der Waals surface area contributed by atoms with E-state index in [0.29, 0.717) is 30.2 Å². The molecule has 43 heavy (non-hydrogen) atoms. The largest absolute Gasteiger partial charge is 0.493 e. The fourth-order valence-corrected chi connectivity index (χ4v) is 5.92. The van der Waals surface area contributed by atoms with E-state index in [4.69, 9.17) is 26.2 Å². The van der Waals surface area contributed by atoms with Crippen molar-refractivity contribution in [3.8, 4) is 16.9 Å². The molecule has 0 fully saturated rings. The number of fused-ring (bicyclic) bond motifs is 2. The molecule has 3 aromatic carbocycles.